The zero-order valence-corrected chi connectivity index (χ0v) is 17.5. The summed E-state index contributed by atoms with van der Waals surface area (Å²) in [5, 5.41) is 24.8. The molecule has 166 valence electrons. The lowest BCUT2D eigenvalue weighted by molar-refractivity contribution is -0.129. The van der Waals surface area contributed by atoms with Crippen LogP contribution in [0.15, 0.2) is 12.1 Å². The Morgan fingerprint density at radius 2 is 2.10 bits per heavy atom. The lowest BCUT2D eigenvalue weighted by atomic mass is 9.77. The second-order valence-electron chi connectivity index (χ2n) is 8.43. The van der Waals surface area contributed by atoms with Crippen molar-refractivity contribution in [3.63, 3.8) is 0 Å². The summed E-state index contributed by atoms with van der Waals surface area (Å²) in [6.45, 7) is 3.34. The van der Waals surface area contributed by atoms with Gasteiger partial charge < -0.3 is 30.2 Å². The standard InChI is InChI=1S/C20H26BN3O7/c1-10(19(26)23-6-16(25)22-2)7-24-8-11(9-24)30-15-4-3-12-13-5-14(13)21(29)31-18(12)17(15)20(27)28/h3-4,10-11,13-14,29H,5-9H2,1-2H3,(H,22,25)(H,23,26)(H,27,28)/t10-,13-,14-/m0/s1. The Balaban J connectivity index is 1.33. The van der Waals surface area contributed by atoms with Gasteiger partial charge in [-0.25, -0.2) is 4.79 Å². The summed E-state index contributed by atoms with van der Waals surface area (Å²) in [7, 11) is 0.522. The van der Waals surface area contributed by atoms with E-state index in [4.69, 9.17) is 9.39 Å². The van der Waals surface area contributed by atoms with Crippen molar-refractivity contribution in [3.8, 4) is 11.5 Å². The third kappa shape index (κ3) is 4.33. The largest absolute Gasteiger partial charge is 0.535 e. The minimum atomic E-state index is -1.16. The Bertz CT molecular complexity index is 905. The molecule has 3 atom stereocenters. The van der Waals surface area contributed by atoms with Gasteiger partial charge in [0.2, 0.25) is 11.8 Å². The Morgan fingerprint density at radius 3 is 2.77 bits per heavy atom. The normalized spacial score (nSPS) is 22.9. The molecule has 1 saturated heterocycles. The van der Waals surface area contributed by atoms with E-state index in [0.717, 1.165) is 12.0 Å². The molecule has 4 rings (SSSR count). The maximum atomic E-state index is 12.1. The molecule has 1 aliphatic carbocycles. The monoisotopic (exact) mass is 431 g/mol. The highest BCUT2D eigenvalue weighted by Gasteiger charge is 2.54. The number of carboxylic acids is 1. The number of rotatable bonds is 8. The lowest BCUT2D eigenvalue weighted by Gasteiger charge is -2.40. The summed E-state index contributed by atoms with van der Waals surface area (Å²) in [4.78, 5) is 37.2. The fraction of sp³-hybridized carbons (Fsp3) is 0.550. The van der Waals surface area contributed by atoms with Crippen molar-refractivity contribution in [2.75, 3.05) is 33.2 Å². The van der Waals surface area contributed by atoms with Gasteiger partial charge in [-0.15, -0.1) is 0 Å². The number of hydrogen-bond acceptors (Lipinski definition) is 7. The van der Waals surface area contributed by atoms with Crippen molar-refractivity contribution < 1.29 is 33.9 Å². The number of carbonyl (C=O) groups is 3. The van der Waals surface area contributed by atoms with Crippen LogP contribution in [0.2, 0.25) is 5.82 Å². The maximum absolute atomic E-state index is 12.1. The van der Waals surface area contributed by atoms with Gasteiger partial charge >= 0.3 is 13.1 Å². The molecule has 0 radical (unpaired) electrons. The number of benzene rings is 1. The molecular weight excluding hydrogens is 405 g/mol. The van der Waals surface area contributed by atoms with Gasteiger partial charge in [-0.2, -0.15) is 0 Å². The van der Waals surface area contributed by atoms with Gasteiger partial charge in [0, 0.05) is 38.4 Å². The van der Waals surface area contributed by atoms with Crippen LogP contribution in [-0.2, 0) is 9.59 Å². The molecule has 10 nitrogen and oxygen atoms in total. The topological polar surface area (TPSA) is 137 Å². The number of likely N-dealkylation sites (tertiary alicyclic amines) is 1. The van der Waals surface area contributed by atoms with Crippen LogP contribution in [-0.4, -0.2) is 79.3 Å². The second kappa shape index (κ2) is 8.39. The molecule has 2 fully saturated rings. The molecule has 0 unspecified atom stereocenters. The molecular formula is C20H26BN3O7. The fourth-order valence-electron chi connectivity index (χ4n) is 4.22. The summed E-state index contributed by atoms with van der Waals surface area (Å²) in [6.07, 6.45) is 0.583. The van der Waals surface area contributed by atoms with Crippen LogP contribution >= 0.6 is 0 Å². The summed E-state index contributed by atoms with van der Waals surface area (Å²) in [6, 6.07) is 3.49. The average molecular weight is 431 g/mol. The first-order valence-corrected chi connectivity index (χ1v) is 10.4. The summed E-state index contributed by atoms with van der Waals surface area (Å²) in [5.41, 5.74) is 0.758. The van der Waals surface area contributed by atoms with Crippen molar-refractivity contribution in [2.45, 2.75) is 31.2 Å². The molecule has 31 heavy (non-hydrogen) atoms. The molecule has 11 heteroatoms. The van der Waals surface area contributed by atoms with Gasteiger partial charge in [-0.1, -0.05) is 13.0 Å². The third-order valence-corrected chi connectivity index (χ3v) is 6.11. The summed E-state index contributed by atoms with van der Waals surface area (Å²) >= 11 is 0. The summed E-state index contributed by atoms with van der Waals surface area (Å²) in [5.74, 6) is -1.32. The molecule has 4 N–H and O–H groups in total. The van der Waals surface area contributed by atoms with Gasteiger partial charge in [0.25, 0.3) is 0 Å². The first-order valence-electron chi connectivity index (χ1n) is 10.4. The van der Waals surface area contributed by atoms with E-state index in [1.165, 1.54) is 7.05 Å². The highest BCUT2D eigenvalue weighted by atomic mass is 16.5. The number of fused-ring (bicyclic) bond motifs is 3. The van der Waals surface area contributed by atoms with Crippen molar-refractivity contribution >= 4 is 24.9 Å². The van der Waals surface area contributed by atoms with E-state index in [-0.39, 0.29) is 59.2 Å². The molecule has 1 aromatic carbocycles. The minimum Gasteiger partial charge on any atom is -0.535 e. The van der Waals surface area contributed by atoms with Crippen molar-refractivity contribution in [1.29, 1.82) is 0 Å². The predicted octanol–water partition coefficient (Wildman–Crippen LogP) is -0.323. The molecule has 0 bridgehead atoms. The third-order valence-electron chi connectivity index (χ3n) is 6.11. The number of carbonyl (C=O) groups excluding carboxylic acids is 2. The second-order valence-corrected chi connectivity index (χ2v) is 8.43. The molecule has 2 aliphatic heterocycles. The van der Waals surface area contributed by atoms with Crippen LogP contribution in [0.4, 0.5) is 0 Å². The first kappa shape index (κ1) is 21.4. The van der Waals surface area contributed by atoms with Crippen LogP contribution in [0.5, 0.6) is 11.5 Å². The number of ether oxygens (including phenoxy) is 1. The van der Waals surface area contributed by atoms with E-state index in [2.05, 4.69) is 10.6 Å². The van der Waals surface area contributed by atoms with Crippen LogP contribution in [0, 0.1) is 5.92 Å². The van der Waals surface area contributed by atoms with Gasteiger partial charge in [0.1, 0.15) is 23.2 Å². The highest BCUT2D eigenvalue weighted by Crippen LogP contribution is 2.60. The molecule has 1 saturated carbocycles. The lowest BCUT2D eigenvalue weighted by Crippen LogP contribution is -2.56. The number of aromatic carboxylic acids is 1. The van der Waals surface area contributed by atoms with Gasteiger partial charge in [-0.05, 0) is 24.0 Å². The number of amides is 2. The quantitative estimate of drug-likeness (QED) is 0.411. The minimum absolute atomic E-state index is 0.0386. The van der Waals surface area contributed by atoms with Crippen LogP contribution < -0.4 is 20.0 Å². The molecule has 0 spiro atoms. The molecule has 3 aliphatic rings. The summed E-state index contributed by atoms with van der Waals surface area (Å²) < 4.78 is 11.4. The molecule has 0 aromatic heterocycles. The number of hydrogen-bond donors (Lipinski definition) is 4. The van der Waals surface area contributed by atoms with E-state index >= 15 is 0 Å². The van der Waals surface area contributed by atoms with E-state index < -0.39 is 13.1 Å². The number of carboxylic acid groups (broad SMARTS) is 1. The number of likely N-dealkylation sites (N-methyl/N-ethyl adjacent to an activating group) is 1. The van der Waals surface area contributed by atoms with Crippen LogP contribution in [0.1, 0.15) is 35.2 Å². The average Bonchev–Trinajstić information content (AvgIpc) is 3.51. The van der Waals surface area contributed by atoms with Gasteiger partial charge in [0.15, 0.2) is 0 Å². The molecule has 1 aromatic rings. The number of nitrogens with one attached hydrogen (secondary N) is 2. The van der Waals surface area contributed by atoms with Crippen molar-refractivity contribution in [1.82, 2.24) is 15.5 Å². The molecule has 2 amide bonds. The zero-order chi connectivity index (χ0) is 22.3. The Hall–Kier alpha value is -2.79. The molecule has 2 heterocycles. The van der Waals surface area contributed by atoms with E-state index in [1.54, 1.807) is 13.0 Å². The van der Waals surface area contributed by atoms with E-state index in [9.17, 15) is 24.5 Å². The predicted molar refractivity (Wildman–Crippen MR) is 110 cm³/mol. The van der Waals surface area contributed by atoms with Crippen LogP contribution in [0.3, 0.4) is 0 Å². The Labute approximate surface area is 180 Å². The van der Waals surface area contributed by atoms with Gasteiger partial charge in [0.05, 0.1) is 6.54 Å². The van der Waals surface area contributed by atoms with Crippen LogP contribution in [0.25, 0.3) is 0 Å². The fourth-order valence-corrected chi connectivity index (χ4v) is 4.22. The van der Waals surface area contributed by atoms with Gasteiger partial charge in [-0.3, -0.25) is 14.5 Å². The number of nitrogens with zero attached hydrogens (tertiary/aromatic N) is 1. The van der Waals surface area contributed by atoms with Crippen molar-refractivity contribution in [3.05, 3.63) is 23.3 Å². The Kier molecular flexibility index (Phi) is 5.80. The first-order chi connectivity index (χ1) is 14.8. The zero-order valence-electron chi connectivity index (χ0n) is 17.5. The Morgan fingerprint density at radius 1 is 1.35 bits per heavy atom. The SMILES string of the molecule is CNC(=O)CNC(=O)[C@@H](C)CN1CC(Oc2ccc3c(c2C(=O)O)OB(O)[C@H]2C[C@@H]32)C1. The van der Waals surface area contributed by atoms with E-state index in [0.29, 0.717) is 19.6 Å². The maximum Gasteiger partial charge on any atom is 0.526 e. The highest BCUT2D eigenvalue weighted by molar-refractivity contribution is 6.48. The van der Waals surface area contributed by atoms with E-state index in [1.807, 2.05) is 11.0 Å². The van der Waals surface area contributed by atoms with Crippen molar-refractivity contribution in [2.24, 2.45) is 5.92 Å². The smallest absolute Gasteiger partial charge is 0.526 e.